The molecule has 0 saturated carbocycles. The number of hydrogen-bond donors (Lipinski definition) is 3. The maximum absolute atomic E-state index is 12.2. The van der Waals surface area contributed by atoms with Crippen molar-refractivity contribution < 1.29 is 19.4 Å². The minimum absolute atomic E-state index is 0.101. The number of aromatic hydroxyl groups is 1. The van der Waals surface area contributed by atoms with Gasteiger partial charge in [-0.2, -0.15) is 0 Å². The summed E-state index contributed by atoms with van der Waals surface area (Å²) in [5.74, 6) is -0.275. The predicted molar refractivity (Wildman–Crippen MR) is 92.8 cm³/mol. The predicted octanol–water partition coefficient (Wildman–Crippen LogP) is 3.76. The zero-order chi connectivity index (χ0) is 17.9. The highest BCUT2D eigenvalue weighted by Gasteiger charge is 2.18. The van der Waals surface area contributed by atoms with E-state index in [9.17, 15) is 14.7 Å². The summed E-state index contributed by atoms with van der Waals surface area (Å²) in [6.45, 7) is 6.97. The van der Waals surface area contributed by atoms with Gasteiger partial charge in [0.15, 0.2) is 5.13 Å². The van der Waals surface area contributed by atoms with Crippen molar-refractivity contribution in [2.45, 2.75) is 33.3 Å². The molecule has 0 fully saturated rings. The Balaban J connectivity index is 2.03. The van der Waals surface area contributed by atoms with Gasteiger partial charge in [-0.25, -0.2) is 9.78 Å². The van der Waals surface area contributed by atoms with Gasteiger partial charge in [0.25, 0.3) is 5.91 Å². The highest BCUT2D eigenvalue weighted by atomic mass is 32.1. The highest BCUT2D eigenvalue weighted by Crippen LogP contribution is 2.26. The van der Waals surface area contributed by atoms with Crippen LogP contribution in [0.15, 0.2) is 24.4 Å². The van der Waals surface area contributed by atoms with Crippen molar-refractivity contribution in [3.63, 3.8) is 0 Å². The van der Waals surface area contributed by atoms with Crippen molar-refractivity contribution in [2.24, 2.45) is 0 Å². The first-order chi connectivity index (χ1) is 11.2. The van der Waals surface area contributed by atoms with Crippen LogP contribution in [0.25, 0.3) is 0 Å². The first-order valence-corrected chi connectivity index (χ1v) is 8.03. The Hall–Kier alpha value is -2.61. The number of ether oxygens (including phenoxy) is 1. The van der Waals surface area contributed by atoms with E-state index in [1.807, 2.05) is 0 Å². The number of thiazole rings is 1. The third-order valence-corrected chi connectivity index (χ3v) is 3.80. The van der Waals surface area contributed by atoms with Crippen LogP contribution in [-0.4, -0.2) is 27.7 Å². The molecule has 2 amide bonds. The molecule has 2 aromatic rings. The Kier molecular flexibility index (Phi) is 5.08. The minimum atomic E-state index is -0.632. The van der Waals surface area contributed by atoms with Crippen LogP contribution in [0, 0.1) is 6.92 Å². The lowest BCUT2D eigenvalue weighted by Gasteiger charge is -2.18. The molecule has 7 nitrogen and oxygen atoms in total. The van der Waals surface area contributed by atoms with E-state index < -0.39 is 11.7 Å². The number of phenolic OH excluding ortho intramolecular Hbond substituents is 1. The summed E-state index contributed by atoms with van der Waals surface area (Å²) in [4.78, 5) is 28.2. The number of nitrogens with one attached hydrogen (secondary N) is 2. The quantitative estimate of drug-likeness (QED) is 0.783. The second-order valence-corrected chi connectivity index (χ2v) is 7.09. The van der Waals surface area contributed by atoms with Gasteiger partial charge in [0.1, 0.15) is 16.2 Å². The van der Waals surface area contributed by atoms with Gasteiger partial charge in [0.05, 0.1) is 6.20 Å². The molecule has 128 valence electrons. The fraction of sp³-hybridized carbons (Fsp3) is 0.312. The maximum atomic E-state index is 12.2. The van der Waals surface area contributed by atoms with E-state index in [-0.39, 0.29) is 16.8 Å². The van der Waals surface area contributed by atoms with E-state index in [4.69, 9.17) is 4.74 Å². The molecule has 24 heavy (non-hydrogen) atoms. The minimum Gasteiger partial charge on any atom is -0.508 e. The van der Waals surface area contributed by atoms with Crippen LogP contribution >= 0.6 is 11.3 Å². The van der Waals surface area contributed by atoms with E-state index in [1.165, 1.54) is 6.20 Å². The molecule has 0 radical (unpaired) electrons. The molecule has 0 spiro atoms. The monoisotopic (exact) mass is 349 g/mol. The fourth-order valence-corrected chi connectivity index (χ4v) is 2.47. The van der Waals surface area contributed by atoms with Crippen molar-refractivity contribution in [3.05, 3.63) is 34.8 Å². The lowest BCUT2D eigenvalue weighted by molar-refractivity contribution is 0.0635. The maximum Gasteiger partial charge on any atom is 0.413 e. The topological polar surface area (TPSA) is 101 Å². The van der Waals surface area contributed by atoms with Gasteiger partial charge in [-0.3, -0.25) is 10.1 Å². The first-order valence-electron chi connectivity index (χ1n) is 7.21. The van der Waals surface area contributed by atoms with Crippen molar-refractivity contribution in [3.8, 4) is 5.75 Å². The average Bonchev–Trinajstić information content (AvgIpc) is 2.90. The molecule has 0 aliphatic carbocycles. The van der Waals surface area contributed by atoms with E-state index in [0.29, 0.717) is 16.1 Å². The molecule has 1 aromatic heterocycles. The molecule has 2 rings (SSSR count). The number of nitrogens with zero attached hydrogens (tertiary/aromatic N) is 1. The van der Waals surface area contributed by atoms with Crippen LogP contribution in [0.5, 0.6) is 5.75 Å². The van der Waals surface area contributed by atoms with Crippen LogP contribution in [0.2, 0.25) is 0 Å². The summed E-state index contributed by atoms with van der Waals surface area (Å²) in [7, 11) is 0. The van der Waals surface area contributed by atoms with Crippen LogP contribution in [-0.2, 0) is 4.74 Å². The third-order valence-electron chi connectivity index (χ3n) is 2.89. The lowest BCUT2D eigenvalue weighted by Crippen LogP contribution is -2.27. The number of hydrogen-bond acceptors (Lipinski definition) is 6. The summed E-state index contributed by atoms with van der Waals surface area (Å²) in [6.07, 6.45) is 0.734. The fourth-order valence-electron chi connectivity index (χ4n) is 1.77. The molecule has 0 bridgehead atoms. The van der Waals surface area contributed by atoms with E-state index >= 15 is 0 Å². The molecular weight excluding hydrogens is 330 g/mol. The Morgan fingerprint density at radius 2 is 1.96 bits per heavy atom. The molecule has 0 atom stereocenters. The molecule has 1 heterocycles. The number of rotatable bonds is 3. The van der Waals surface area contributed by atoms with E-state index in [1.54, 1.807) is 45.9 Å². The van der Waals surface area contributed by atoms with Gasteiger partial charge < -0.3 is 15.2 Å². The number of amides is 2. The average molecular weight is 349 g/mol. The molecule has 0 saturated heterocycles. The molecule has 0 unspecified atom stereocenters. The zero-order valence-electron chi connectivity index (χ0n) is 13.8. The van der Waals surface area contributed by atoms with Crippen molar-refractivity contribution >= 4 is 34.2 Å². The van der Waals surface area contributed by atoms with Crippen molar-refractivity contribution in [1.29, 1.82) is 0 Å². The van der Waals surface area contributed by atoms with Gasteiger partial charge in [-0.15, -0.1) is 0 Å². The standard InChI is InChI=1S/C16H19N3O4S/c1-9-10(6-5-7-11(9)20)18-13(21)12-8-17-14(24-12)19-15(22)23-16(2,3)4/h5-8,20H,1-4H3,(H,18,21)(H,17,19,22). The van der Waals surface area contributed by atoms with Gasteiger partial charge in [-0.05, 0) is 39.8 Å². The largest absolute Gasteiger partial charge is 0.508 e. The van der Waals surface area contributed by atoms with Crippen molar-refractivity contribution in [2.75, 3.05) is 10.6 Å². The molecule has 1 aromatic carbocycles. The number of anilines is 2. The summed E-state index contributed by atoms with van der Waals surface area (Å²) >= 11 is 1.03. The number of aromatic nitrogens is 1. The summed E-state index contributed by atoms with van der Waals surface area (Å²) < 4.78 is 5.12. The molecule has 3 N–H and O–H groups in total. The number of phenols is 1. The third kappa shape index (κ3) is 4.69. The van der Waals surface area contributed by atoms with Gasteiger partial charge in [0.2, 0.25) is 0 Å². The molecule has 8 heteroatoms. The summed E-state index contributed by atoms with van der Waals surface area (Å²) in [5.41, 5.74) is 0.464. The van der Waals surface area contributed by atoms with Crippen LogP contribution in [0.1, 0.15) is 36.0 Å². The lowest BCUT2D eigenvalue weighted by atomic mass is 10.2. The van der Waals surface area contributed by atoms with Crippen LogP contribution in [0.4, 0.5) is 15.6 Å². The van der Waals surface area contributed by atoms with Crippen LogP contribution in [0.3, 0.4) is 0 Å². The van der Waals surface area contributed by atoms with Crippen molar-refractivity contribution in [1.82, 2.24) is 4.98 Å². The normalized spacial score (nSPS) is 11.0. The Morgan fingerprint density at radius 3 is 2.62 bits per heavy atom. The molecule has 0 aliphatic rings. The first kappa shape index (κ1) is 17.7. The van der Waals surface area contributed by atoms with Crippen LogP contribution < -0.4 is 10.6 Å². The van der Waals surface area contributed by atoms with E-state index in [2.05, 4.69) is 15.6 Å². The summed E-state index contributed by atoms with van der Waals surface area (Å²) in [6, 6.07) is 4.87. The number of carbonyl (C=O) groups excluding carboxylic acids is 2. The zero-order valence-corrected chi connectivity index (χ0v) is 14.7. The molecular formula is C16H19N3O4S. The summed E-state index contributed by atoms with van der Waals surface area (Å²) in [5, 5.41) is 15.1. The van der Waals surface area contributed by atoms with Gasteiger partial charge in [0, 0.05) is 11.3 Å². The van der Waals surface area contributed by atoms with E-state index in [0.717, 1.165) is 11.3 Å². The molecule has 0 aliphatic heterocycles. The smallest absolute Gasteiger partial charge is 0.413 e. The van der Waals surface area contributed by atoms with Gasteiger partial charge in [-0.1, -0.05) is 17.4 Å². The number of carbonyl (C=O) groups is 2. The Morgan fingerprint density at radius 1 is 1.25 bits per heavy atom. The number of benzene rings is 1. The Bertz CT molecular complexity index is 765. The highest BCUT2D eigenvalue weighted by molar-refractivity contribution is 7.17. The Labute approximate surface area is 143 Å². The second-order valence-electron chi connectivity index (χ2n) is 6.06. The SMILES string of the molecule is Cc1c(O)cccc1NC(=O)c1cnc(NC(=O)OC(C)(C)C)s1. The van der Waals surface area contributed by atoms with Gasteiger partial charge >= 0.3 is 6.09 Å². The second kappa shape index (κ2) is 6.88.